The molecular weight excluding hydrogens is 558 g/mol. The average Bonchev–Trinajstić information content (AvgIpc) is 3.27. The predicted molar refractivity (Wildman–Crippen MR) is 138 cm³/mol. The largest absolute Gasteiger partial charge is 0.493 e. The first-order valence-electron chi connectivity index (χ1n) is 13.3. The summed E-state index contributed by atoms with van der Waals surface area (Å²) in [5, 5.41) is 30.3. The number of carbonyl (C=O) groups is 5. The van der Waals surface area contributed by atoms with Gasteiger partial charge in [0.1, 0.15) is 5.76 Å². The molecular formula is C28H31NO13. The monoisotopic (exact) mass is 589 g/mol. The first kappa shape index (κ1) is 29.3. The van der Waals surface area contributed by atoms with Gasteiger partial charge in [-0.25, -0.2) is 9.59 Å². The van der Waals surface area contributed by atoms with E-state index in [1.807, 2.05) is 13.1 Å². The van der Waals surface area contributed by atoms with Gasteiger partial charge >= 0.3 is 29.8 Å². The Kier molecular flexibility index (Phi) is 7.39. The number of likely N-dealkylation sites (tertiary alicyclic amines) is 1. The molecule has 1 aromatic carbocycles. The van der Waals surface area contributed by atoms with E-state index in [1.54, 1.807) is 12.1 Å². The highest BCUT2D eigenvalue weighted by molar-refractivity contribution is 5.87. The van der Waals surface area contributed by atoms with Crippen molar-refractivity contribution in [2.45, 2.75) is 74.4 Å². The van der Waals surface area contributed by atoms with Crippen LogP contribution in [0.15, 0.2) is 24.0 Å². The number of rotatable bonds is 10. The van der Waals surface area contributed by atoms with Gasteiger partial charge in [-0.1, -0.05) is 6.07 Å². The lowest BCUT2D eigenvalue weighted by Gasteiger charge is -2.61. The van der Waals surface area contributed by atoms with E-state index in [4.69, 9.17) is 28.8 Å². The van der Waals surface area contributed by atoms with Gasteiger partial charge in [-0.05, 0) is 44.1 Å². The number of methoxy groups -OCH3 is 1. The molecule has 1 aromatic rings. The number of likely N-dealkylation sites (N-methyl/N-ethyl adjacent to an activating group) is 1. The Balaban J connectivity index is 1.41. The summed E-state index contributed by atoms with van der Waals surface area (Å²) in [5.41, 5.74) is -0.384. The maximum absolute atomic E-state index is 13.1. The van der Waals surface area contributed by atoms with Crippen LogP contribution in [0.25, 0.3) is 0 Å². The Morgan fingerprint density at radius 3 is 2.50 bits per heavy atom. The molecule has 6 atom stereocenters. The molecule has 1 spiro atoms. The van der Waals surface area contributed by atoms with Crippen molar-refractivity contribution < 1.29 is 63.0 Å². The van der Waals surface area contributed by atoms with Gasteiger partial charge in [0.2, 0.25) is 12.2 Å². The highest BCUT2D eigenvalue weighted by atomic mass is 16.6. The summed E-state index contributed by atoms with van der Waals surface area (Å²) in [6.07, 6.45) is -3.98. The number of piperidine rings is 1. The van der Waals surface area contributed by atoms with Crippen LogP contribution in [0.5, 0.6) is 11.5 Å². The number of nitrogens with zero attached hydrogens (tertiary/aromatic N) is 1. The highest BCUT2D eigenvalue weighted by Crippen LogP contribution is 2.65. The second-order valence-electron chi connectivity index (χ2n) is 10.9. The highest BCUT2D eigenvalue weighted by Gasteiger charge is 2.72. The quantitative estimate of drug-likeness (QED) is 0.249. The number of aliphatic hydroxyl groups is 1. The molecule has 1 saturated heterocycles. The minimum absolute atomic E-state index is 0.100. The van der Waals surface area contributed by atoms with E-state index in [0.29, 0.717) is 30.9 Å². The van der Waals surface area contributed by atoms with Gasteiger partial charge in [0.05, 0.1) is 31.0 Å². The molecule has 2 aliphatic carbocycles. The predicted octanol–water partition coefficient (Wildman–Crippen LogP) is 0.309. The van der Waals surface area contributed by atoms with Gasteiger partial charge in [0, 0.05) is 24.9 Å². The molecule has 2 bridgehead atoms. The molecule has 2 heterocycles. The van der Waals surface area contributed by atoms with Crippen molar-refractivity contribution in [2.75, 3.05) is 20.7 Å². The van der Waals surface area contributed by atoms with Crippen LogP contribution in [-0.2, 0) is 50.0 Å². The lowest BCUT2D eigenvalue weighted by molar-refractivity contribution is -0.181. The van der Waals surface area contributed by atoms with Gasteiger partial charge in [-0.2, -0.15) is 0 Å². The van der Waals surface area contributed by atoms with Gasteiger partial charge in [0.25, 0.3) is 0 Å². The third-order valence-electron chi connectivity index (χ3n) is 8.61. The molecule has 3 N–H and O–H groups in total. The molecule has 226 valence electrons. The number of aliphatic carboxylic acids is 2. The van der Waals surface area contributed by atoms with Gasteiger partial charge in [-0.3, -0.25) is 14.4 Å². The van der Waals surface area contributed by atoms with Crippen molar-refractivity contribution in [3.63, 3.8) is 0 Å². The molecule has 2 unspecified atom stereocenters. The molecule has 5 rings (SSSR count). The third-order valence-corrected chi connectivity index (χ3v) is 8.61. The molecule has 42 heavy (non-hydrogen) atoms. The molecule has 0 saturated carbocycles. The zero-order valence-electron chi connectivity index (χ0n) is 23.2. The maximum Gasteiger partial charge on any atom is 0.348 e. The number of carbonyl (C=O) groups excluding carboxylic acids is 3. The normalized spacial score (nSPS) is 28.2. The van der Waals surface area contributed by atoms with Crippen LogP contribution in [-0.4, -0.2) is 101 Å². The van der Waals surface area contributed by atoms with Crippen molar-refractivity contribution in [3.05, 3.63) is 35.1 Å². The molecule has 0 amide bonds. The van der Waals surface area contributed by atoms with Crippen molar-refractivity contribution >= 4 is 29.8 Å². The van der Waals surface area contributed by atoms with Crippen molar-refractivity contribution in [3.8, 4) is 11.5 Å². The zero-order chi connectivity index (χ0) is 30.6. The summed E-state index contributed by atoms with van der Waals surface area (Å²) < 4.78 is 27.3. The van der Waals surface area contributed by atoms with Crippen molar-refractivity contribution in [1.82, 2.24) is 4.90 Å². The number of ether oxygens (including phenoxy) is 5. The van der Waals surface area contributed by atoms with Gasteiger partial charge in [-0.15, -0.1) is 0 Å². The second kappa shape index (κ2) is 10.6. The first-order chi connectivity index (χ1) is 19.8. The average molecular weight is 590 g/mol. The minimum atomic E-state index is -2.07. The Hall–Kier alpha value is -4.17. The standard InChI is InChI=1S/C28H31NO13/c1-13(30)39-18(26(36)41-17(25(34)35)11-20(31)32)12-21(33)40-16-6-7-28(37)19-10-14-4-5-15(38-3)23-22(14)27(28,24(16)42-23)8-9-29(19)2/h4-6,17-19,24,37H,7-12H2,1-3H3,(H,31,32)(H,34,35)/t17?,18?,19-,24+,27+,28-/m1/s1. The maximum atomic E-state index is 13.1. The fourth-order valence-corrected chi connectivity index (χ4v) is 6.84. The molecule has 0 aromatic heterocycles. The van der Waals surface area contributed by atoms with Gasteiger partial charge in [0.15, 0.2) is 17.6 Å². The topological polar surface area (TPSA) is 195 Å². The number of esters is 3. The molecule has 2 aliphatic heterocycles. The lowest BCUT2D eigenvalue weighted by atomic mass is 9.50. The molecule has 14 heteroatoms. The Labute approximate surface area is 239 Å². The fraction of sp³-hybridized carbons (Fsp3) is 0.536. The second-order valence-corrected chi connectivity index (χ2v) is 10.9. The van der Waals surface area contributed by atoms with Gasteiger partial charge < -0.3 is 43.9 Å². The number of carboxylic acids is 2. The van der Waals surface area contributed by atoms with Crippen LogP contribution in [0, 0.1) is 0 Å². The molecule has 4 aliphatic rings. The van der Waals surface area contributed by atoms with Crippen LogP contribution in [0.2, 0.25) is 0 Å². The Morgan fingerprint density at radius 2 is 1.86 bits per heavy atom. The summed E-state index contributed by atoms with van der Waals surface area (Å²) in [6.45, 7) is 1.61. The van der Waals surface area contributed by atoms with Crippen LogP contribution in [0.1, 0.15) is 43.7 Å². The van der Waals surface area contributed by atoms with E-state index >= 15 is 0 Å². The summed E-state index contributed by atoms with van der Waals surface area (Å²) in [7, 11) is 3.46. The van der Waals surface area contributed by atoms with Crippen LogP contribution in [0.3, 0.4) is 0 Å². The smallest absolute Gasteiger partial charge is 0.348 e. The van der Waals surface area contributed by atoms with Crippen LogP contribution >= 0.6 is 0 Å². The molecule has 0 radical (unpaired) electrons. The van der Waals surface area contributed by atoms with E-state index in [0.717, 1.165) is 18.1 Å². The van der Waals surface area contributed by atoms with E-state index < -0.39 is 72.0 Å². The number of carboxylic acid groups (broad SMARTS) is 2. The number of benzene rings is 1. The Morgan fingerprint density at radius 1 is 1.12 bits per heavy atom. The van der Waals surface area contributed by atoms with Crippen LogP contribution < -0.4 is 9.47 Å². The minimum Gasteiger partial charge on any atom is -0.493 e. The summed E-state index contributed by atoms with van der Waals surface area (Å²) >= 11 is 0. The molecule has 1 fully saturated rings. The zero-order valence-corrected chi connectivity index (χ0v) is 23.2. The van der Waals surface area contributed by atoms with E-state index in [9.17, 15) is 34.2 Å². The third kappa shape index (κ3) is 4.54. The molecule has 14 nitrogen and oxygen atoms in total. The summed E-state index contributed by atoms with van der Waals surface area (Å²) in [6, 6.07) is 3.51. The number of hydrogen-bond donors (Lipinski definition) is 3. The van der Waals surface area contributed by atoms with Crippen LogP contribution in [0.4, 0.5) is 0 Å². The van der Waals surface area contributed by atoms with Crippen molar-refractivity contribution in [2.24, 2.45) is 0 Å². The summed E-state index contributed by atoms with van der Waals surface area (Å²) in [5.74, 6) is -5.66. The van der Waals surface area contributed by atoms with Crippen molar-refractivity contribution in [1.29, 1.82) is 0 Å². The van der Waals surface area contributed by atoms with E-state index in [1.165, 1.54) is 7.11 Å². The van der Waals surface area contributed by atoms with E-state index in [-0.39, 0.29) is 18.2 Å². The fourth-order valence-electron chi connectivity index (χ4n) is 6.84. The summed E-state index contributed by atoms with van der Waals surface area (Å²) in [4.78, 5) is 61.8. The Bertz CT molecular complexity index is 1390. The van der Waals surface area contributed by atoms with E-state index in [2.05, 4.69) is 4.90 Å². The lowest BCUT2D eigenvalue weighted by Crippen LogP contribution is -2.74. The number of hydrogen-bond acceptors (Lipinski definition) is 12. The SMILES string of the molecule is COc1ccc2c3c1O[C@H]1C(OC(=O)CC(OC(C)=O)C(=O)OC(CC(=O)O)C(=O)O)=CC[C@@]4(O)[C@@H](C2)N(C)CC[C@]314. The first-order valence-corrected chi connectivity index (χ1v) is 13.3.